The third kappa shape index (κ3) is 3.27. The van der Waals surface area contributed by atoms with Crippen molar-refractivity contribution >= 4 is 35.4 Å². The minimum atomic E-state index is -1.22. The van der Waals surface area contributed by atoms with Crippen molar-refractivity contribution in [1.82, 2.24) is 0 Å². The van der Waals surface area contributed by atoms with Crippen LogP contribution in [0.5, 0.6) is 0 Å². The molecule has 0 atom stereocenters. The zero-order chi connectivity index (χ0) is 15.4. The highest BCUT2D eigenvalue weighted by molar-refractivity contribution is 6.33. The van der Waals surface area contributed by atoms with Gasteiger partial charge in [0.15, 0.2) is 0 Å². The molecule has 2 rings (SSSR count). The van der Waals surface area contributed by atoms with Crippen LogP contribution in [-0.2, 0) is 0 Å². The van der Waals surface area contributed by atoms with Gasteiger partial charge in [-0.2, -0.15) is 0 Å². The summed E-state index contributed by atoms with van der Waals surface area (Å²) in [6.07, 6.45) is 1.20. The van der Waals surface area contributed by atoms with Crippen LogP contribution in [0.1, 0.15) is 26.3 Å². The Bertz CT molecular complexity index is 708. The molecule has 2 N–H and O–H groups in total. The van der Waals surface area contributed by atoms with Gasteiger partial charge in [0, 0.05) is 11.8 Å². The van der Waals surface area contributed by atoms with Gasteiger partial charge in [0.05, 0.1) is 21.8 Å². The van der Waals surface area contributed by atoms with Crippen molar-refractivity contribution in [2.45, 2.75) is 0 Å². The van der Waals surface area contributed by atoms with Gasteiger partial charge in [-0.25, -0.2) is 9.59 Å². The molecule has 0 unspecified atom stereocenters. The van der Waals surface area contributed by atoms with Crippen LogP contribution in [0.2, 0.25) is 5.02 Å². The minimum absolute atomic E-state index is 0.0254. The van der Waals surface area contributed by atoms with E-state index in [2.05, 4.69) is 4.99 Å². The second-order valence-electron chi connectivity index (χ2n) is 4.09. The molecule has 0 aliphatic carbocycles. The zero-order valence-corrected chi connectivity index (χ0v) is 11.4. The quantitative estimate of drug-likeness (QED) is 0.846. The van der Waals surface area contributed by atoms with Gasteiger partial charge in [-0.15, -0.1) is 0 Å². The lowest BCUT2D eigenvalue weighted by molar-refractivity contribution is 0.0696. The summed E-state index contributed by atoms with van der Waals surface area (Å²) >= 11 is 5.95. The largest absolute Gasteiger partial charge is 0.478 e. The van der Waals surface area contributed by atoms with Gasteiger partial charge in [-0.3, -0.25) is 4.99 Å². The summed E-state index contributed by atoms with van der Waals surface area (Å²) in [5.41, 5.74) is 0.185. The maximum atomic E-state index is 11.2. The van der Waals surface area contributed by atoms with Gasteiger partial charge < -0.3 is 10.2 Å². The molecule has 0 saturated heterocycles. The summed E-state index contributed by atoms with van der Waals surface area (Å²) in [4.78, 5) is 26.5. The van der Waals surface area contributed by atoms with Crippen molar-refractivity contribution in [3.63, 3.8) is 0 Å². The Morgan fingerprint density at radius 2 is 1.52 bits per heavy atom. The smallest absolute Gasteiger partial charge is 0.336 e. The number of rotatable bonds is 4. The number of carboxylic acid groups (broad SMARTS) is 2. The highest BCUT2D eigenvalue weighted by Gasteiger charge is 2.16. The first-order valence-corrected chi connectivity index (χ1v) is 6.26. The summed E-state index contributed by atoms with van der Waals surface area (Å²) in [5, 5.41) is 18.7. The van der Waals surface area contributed by atoms with E-state index < -0.39 is 11.9 Å². The van der Waals surface area contributed by atoms with Crippen LogP contribution in [0, 0.1) is 0 Å². The third-order valence-corrected chi connectivity index (χ3v) is 3.07. The molecule has 0 heterocycles. The molecular formula is C15H10ClNO4. The highest BCUT2D eigenvalue weighted by Crippen LogP contribution is 2.24. The summed E-state index contributed by atoms with van der Waals surface area (Å²) in [7, 11) is 0. The molecule has 106 valence electrons. The van der Waals surface area contributed by atoms with Crippen LogP contribution >= 0.6 is 11.6 Å². The summed E-state index contributed by atoms with van der Waals surface area (Å²) in [6.45, 7) is 0. The molecule has 5 nitrogen and oxygen atoms in total. The number of carbonyl (C=O) groups is 2. The Balaban J connectivity index is 2.55. The van der Waals surface area contributed by atoms with Crippen LogP contribution in [0.25, 0.3) is 0 Å². The van der Waals surface area contributed by atoms with Crippen molar-refractivity contribution in [2.75, 3.05) is 0 Å². The third-order valence-electron chi connectivity index (χ3n) is 2.75. The zero-order valence-electron chi connectivity index (χ0n) is 10.7. The highest BCUT2D eigenvalue weighted by atomic mass is 35.5. The first-order chi connectivity index (χ1) is 10.0. The molecule has 0 fully saturated rings. The van der Waals surface area contributed by atoms with Crippen molar-refractivity contribution in [3.05, 3.63) is 64.2 Å². The SMILES string of the molecule is O=C(O)c1cccc(C(=O)O)c1/C=N/c1ccccc1Cl. The van der Waals surface area contributed by atoms with Crippen molar-refractivity contribution in [3.8, 4) is 0 Å². The molecular weight excluding hydrogens is 294 g/mol. The maximum absolute atomic E-state index is 11.2. The molecule has 0 spiro atoms. The number of aliphatic imine (C=N–C) groups is 1. The fourth-order valence-electron chi connectivity index (χ4n) is 1.77. The topological polar surface area (TPSA) is 87.0 Å². The Labute approximate surface area is 125 Å². The normalized spacial score (nSPS) is 10.7. The Morgan fingerprint density at radius 3 is 2.05 bits per heavy atom. The van der Waals surface area contributed by atoms with Gasteiger partial charge in [-0.1, -0.05) is 29.8 Å². The van der Waals surface area contributed by atoms with E-state index in [4.69, 9.17) is 21.8 Å². The predicted octanol–water partition coefficient (Wildman–Crippen LogP) is 3.49. The lowest BCUT2D eigenvalue weighted by Gasteiger charge is -2.05. The molecule has 0 bridgehead atoms. The molecule has 6 heteroatoms. The number of para-hydroxylation sites is 1. The Hall–Kier alpha value is -2.66. The van der Waals surface area contributed by atoms with Gasteiger partial charge in [-0.05, 0) is 24.3 Å². The van der Waals surface area contributed by atoms with Crippen LogP contribution in [0.4, 0.5) is 5.69 Å². The van der Waals surface area contributed by atoms with Gasteiger partial charge >= 0.3 is 11.9 Å². The predicted molar refractivity (Wildman–Crippen MR) is 79.1 cm³/mol. The molecule has 2 aromatic carbocycles. The number of benzene rings is 2. The average molecular weight is 304 g/mol. The number of nitrogens with zero attached hydrogens (tertiary/aromatic N) is 1. The molecule has 0 amide bonds. The Kier molecular flexibility index (Phi) is 4.35. The monoisotopic (exact) mass is 303 g/mol. The minimum Gasteiger partial charge on any atom is -0.478 e. The molecule has 0 radical (unpaired) electrons. The van der Waals surface area contributed by atoms with Crippen molar-refractivity contribution in [1.29, 1.82) is 0 Å². The Morgan fingerprint density at radius 1 is 0.952 bits per heavy atom. The molecule has 0 saturated carbocycles. The second kappa shape index (κ2) is 6.19. The fourth-order valence-corrected chi connectivity index (χ4v) is 1.95. The second-order valence-corrected chi connectivity index (χ2v) is 4.49. The van der Waals surface area contributed by atoms with E-state index in [0.717, 1.165) is 0 Å². The molecule has 0 aromatic heterocycles. The van der Waals surface area contributed by atoms with E-state index in [1.165, 1.54) is 24.4 Å². The van der Waals surface area contributed by atoms with Crippen LogP contribution in [-0.4, -0.2) is 28.4 Å². The van der Waals surface area contributed by atoms with E-state index in [1.54, 1.807) is 24.3 Å². The van der Waals surface area contributed by atoms with Crippen molar-refractivity contribution < 1.29 is 19.8 Å². The van der Waals surface area contributed by atoms with Gasteiger partial charge in [0.2, 0.25) is 0 Å². The molecule has 21 heavy (non-hydrogen) atoms. The van der Waals surface area contributed by atoms with Crippen LogP contribution in [0.15, 0.2) is 47.5 Å². The first-order valence-electron chi connectivity index (χ1n) is 5.89. The molecule has 2 aromatic rings. The number of hydrogen-bond donors (Lipinski definition) is 2. The van der Waals surface area contributed by atoms with Crippen molar-refractivity contribution in [2.24, 2.45) is 4.99 Å². The van der Waals surface area contributed by atoms with E-state index >= 15 is 0 Å². The number of halogens is 1. The summed E-state index contributed by atoms with van der Waals surface area (Å²) in [5.74, 6) is -2.45. The first kappa shape index (κ1) is 14.7. The van der Waals surface area contributed by atoms with Gasteiger partial charge in [0.1, 0.15) is 0 Å². The van der Waals surface area contributed by atoms with E-state index in [9.17, 15) is 9.59 Å². The standard InChI is InChI=1S/C15H10ClNO4/c16-12-6-1-2-7-13(12)17-8-11-9(14(18)19)4-3-5-10(11)15(20)21/h1-8H,(H,18,19)(H,20,21)/b17-8+. The van der Waals surface area contributed by atoms with E-state index in [0.29, 0.717) is 10.7 Å². The van der Waals surface area contributed by atoms with Crippen LogP contribution < -0.4 is 0 Å². The molecule has 0 aliphatic heterocycles. The van der Waals surface area contributed by atoms with Gasteiger partial charge in [0.25, 0.3) is 0 Å². The summed E-state index contributed by atoms with van der Waals surface area (Å²) < 4.78 is 0. The van der Waals surface area contributed by atoms with Crippen LogP contribution in [0.3, 0.4) is 0 Å². The number of carboxylic acids is 2. The van der Waals surface area contributed by atoms with E-state index in [1.807, 2.05) is 0 Å². The maximum Gasteiger partial charge on any atom is 0.336 e. The summed E-state index contributed by atoms with van der Waals surface area (Å²) in [6, 6.07) is 10.7. The lowest BCUT2D eigenvalue weighted by atomic mass is 10.0. The number of aromatic carboxylic acids is 2. The molecule has 0 aliphatic rings. The lowest BCUT2D eigenvalue weighted by Crippen LogP contribution is -2.09. The van der Waals surface area contributed by atoms with E-state index in [-0.39, 0.29) is 16.7 Å². The fraction of sp³-hybridized carbons (Fsp3) is 0. The average Bonchev–Trinajstić information content (AvgIpc) is 2.45. The number of hydrogen-bond acceptors (Lipinski definition) is 3.